The molecule has 0 saturated carbocycles. The summed E-state index contributed by atoms with van der Waals surface area (Å²) in [6.07, 6.45) is 0.206. The van der Waals surface area contributed by atoms with Gasteiger partial charge in [-0.05, 0) is 30.2 Å². The third kappa shape index (κ3) is 8.06. The van der Waals surface area contributed by atoms with Crippen LogP contribution in [-0.2, 0) is 14.0 Å². The van der Waals surface area contributed by atoms with E-state index in [0.29, 0.717) is 28.5 Å². The lowest BCUT2D eigenvalue weighted by Crippen LogP contribution is -2.19. The lowest BCUT2D eigenvalue weighted by molar-refractivity contribution is -0.160. The summed E-state index contributed by atoms with van der Waals surface area (Å²) in [6, 6.07) is 5.83. The van der Waals surface area contributed by atoms with Gasteiger partial charge in [-0.2, -0.15) is 0 Å². The Morgan fingerprint density at radius 1 is 1.24 bits per heavy atom. The highest BCUT2D eigenvalue weighted by molar-refractivity contribution is 7.95. The van der Waals surface area contributed by atoms with E-state index in [9.17, 15) is 19.4 Å². The fourth-order valence-corrected chi connectivity index (χ4v) is 3.31. The first kappa shape index (κ1) is 26.7. The Labute approximate surface area is 196 Å². The second-order valence-corrected chi connectivity index (χ2v) is 8.39. The summed E-state index contributed by atoms with van der Waals surface area (Å²) in [6.45, 7) is 3.90. The fourth-order valence-electron chi connectivity index (χ4n) is 3.01. The van der Waals surface area contributed by atoms with Crippen molar-refractivity contribution in [3.63, 3.8) is 0 Å². The minimum atomic E-state index is -1.19. The summed E-state index contributed by atoms with van der Waals surface area (Å²) >= 11 is 0.884. The number of aromatic nitrogens is 2. The first-order valence-corrected chi connectivity index (χ1v) is 10.9. The first-order valence-electron chi connectivity index (χ1n) is 10.2. The van der Waals surface area contributed by atoms with Gasteiger partial charge < -0.3 is 15.3 Å². The highest BCUT2D eigenvalue weighted by Gasteiger charge is 2.20. The van der Waals surface area contributed by atoms with Gasteiger partial charge in [0.2, 0.25) is 5.95 Å². The van der Waals surface area contributed by atoms with Gasteiger partial charge in [0.1, 0.15) is 5.82 Å². The Morgan fingerprint density at radius 3 is 2.48 bits per heavy atom. The van der Waals surface area contributed by atoms with Crippen LogP contribution < -0.4 is 4.31 Å². The van der Waals surface area contributed by atoms with E-state index in [1.807, 2.05) is 13.8 Å². The van der Waals surface area contributed by atoms with E-state index < -0.39 is 30.4 Å². The molecule has 0 fully saturated rings. The van der Waals surface area contributed by atoms with Gasteiger partial charge in [-0.3, -0.25) is 9.10 Å². The summed E-state index contributed by atoms with van der Waals surface area (Å²) in [5.74, 6) is -1.25. The Hall–Kier alpha value is -2.57. The summed E-state index contributed by atoms with van der Waals surface area (Å²) < 4.78 is 20.0. The van der Waals surface area contributed by atoms with Crippen LogP contribution >= 0.6 is 12.2 Å². The Kier molecular flexibility index (Phi) is 10.2. The summed E-state index contributed by atoms with van der Waals surface area (Å²) in [5.41, 5.74) is 2.41. The van der Waals surface area contributed by atoms with E-state index in [4.69, 9.17) is 9.44 Å². The fraction of sp³-hybridized carbons (Fsp3) is 0.409. The number of halogens is 1. The van der Waals surface area contributed by atoms with Crippen LogP contribution in [0.3, 0.4) is 0 Å². The van der Waals surface area contributed by atoms with Gasteiger partial charge in [0.15, 0.2) is 12.2 Å². The first-order chi connectivity index (χ1) is 15.6. The molecule has 9 nitrogen and oxygen atoms in total. The number of aliphatic hydroxyl groups is 2. The Morgan fingerprint density at radius 2 is 1.91 bits per heavy atom. The van der Waals surface area contributed by atoms with Crippen LogP contribution in [0, 0.1) is 5.82 Å². The SMILES string of the molecule is COOSN(C)c1nc(-c2ccc(F)cc2)c(C=CC(O)CC(O)CC(=O)O)c(C(C)C)n1. The molecule has 2 aromatic rings. The number of hydrogen-bond acceptors (Lipinski definition) is 9. The van der Waals surface area contributed by atoms with Gasteiger partial charge in [-0.25, -0.2) is 19.2 Å². The van der Waals surface area contributed by atoms with Crippen LogP contribution in [0.25, 0.3) is 17.3 Å². The van der Waals surface area contributed by atoms with Crippen molar-refractivity contribution in [3.05, 3.63) is 47.4 Å². The second kappa shape index (κ2) is 12.6. The molecule has 11 heteroatoms. The largest absolute Gasteiger partial charge is 0.481 e. The number of hydrogen-bond donors (Lipinski definition) is 3. The molecule has 0 aliphatic carbocycles. The second-order valence-electron chi connectivity index (χ2n) is 7.55. The lowest BCUT2D eigenvalue weighted by atomic mass is 9.97. The molecule has 0 saturated heterocycles. The molecule has 0 bridgehead atoms. The van der Waals surface area contributed by atoms with Gasteiger partial charge in [0.05, 0.1) is 37.1 Å². The van der Waals surface area contributed by atoms with E-state index in [2.05, 4.69) is 14.9 Å². The number of carboxylic acids is 1. The molecule has 0 radical (unpaired) electrons. The normalized spacial score (nSPS) is 13.5. The van der Waals surface area contributed by atoms with Crippen molar-refractivity contribution in [2.45, 2.75) is 44.8 Å². The molecule has 180 valence electrons. The predicted molar refractivity (Wildman–Crippen MR) is 124 cm³/mol. The zero-order valence-corrected chi connectivity index (χ0v) is 19.6. The number of anilines is 1. The van der Waals surface area contributed by atoms with Crippen molar-refractivity contribution in [2.24, 2.45) is 0 Å². The summed E-state index contributed by atoms with van der Waals surface area (Å²) in [7, 11) is 3.07. The summed E-state index contributed by atoms with van der Waals surface area (Å²) in [4.78, 5) is 24.6. The predicted octanol–water partition coefficient (Wildman–Crippen LogP) is 3.58. The lowest BCUT2D eigenvalue weighted by Gasteiger charge is -2.20. The van der Waals surface area contributed by atoms with E-state index in [1.165, 1.54) is 25.3 Å². The average molecular weight is 482 g/mol. The van der Waals surface area contributed by atoms with Gasteiger partial charge >= 0.3 is 5.97 Å². The van der Waals surface area contributed by atoms with E-state index in [-0.39, 0.29) is 12.3 Å². The number of aliphatic hydroxyl groups excluding tert-OH is 2. The zero-order chi connectivity index (χ0) is 24.5. The number of benzene rings is 1. The van der Waals surface area contributed by atoms with Crippen molar-refractivity contribution in [1.29, 1.82) is 0 Å². The van der Waals surface area contributed by atoms with Crippen molar-refractivity contribution in [2.75, 3.05) is 18.5 Å². The molecule has 0 aliphatic heterocycles. The molecule has 1 aromatic heterocycles. The van der Waals surface area contributed by atoms with Crippen molar-refractivity contribution >= 4 is 30.2 Å². The van der Waals surface area contributed by atoms with E-state index >= 15 is 0 Å². The quantitative estimate of drug-likeness (QED) is 0.179. The van der Waals surface area contributed by atoms with Gasteiger partial charge in [0.25, 0.3) is 0 Å². The monoisotopic (exact) mass is 481 g/mol. The van der Waals surface area contributed by atoms with Crippen LogP contribution in [0.5, 0.6) is 0 Å². The van der Waals surface area contributed by atoms with Crippen LogP contribution in [-0.4, -0.2) is 57.6 Å². The zero-order valence-electron chi connectivity index (χ0n) is 18.8. The maximum atomic E-state index is 13.5. The molecule has 0 amide bonds. The average Bonchev–Trinajstić information content (AvgIpc) is 2.75. The van der Waals surface area contributed by atoms with E-state index in [1.54, 1.807) is 29.6 Å². The minimum Gasteiger partial charge on any atom is -0.481 e. The molecular formula is C22H28FN3O6S. The molecule has 3 N–H and O–H groups in total. The van der Waals surface area contributed by atoms with Crippen molar-refractivity contribution in [3.8, 4) is 11.3 Å². The summed E-state index contributed by atoms with van der Waals surface area (Å²) in [5, 5.41) is 28.9. The highest BCUT2D eigenvalue weighted by atomic mass is 32.2. The molecule has 0 spiro atoms. The van der Waals surface area contributed by atoms with Crippen LogP contribution in [0.4, 0.5) is 10.3 Å². The molecule has 33 heavy (non-hydrogen) atoms. The molecule has 2 atom stereocenters. The molecule has 2 rings (SSSR count). The molecule has 1 heterocycles. The minimum absolute atomic E-state index is 0.0397. The Balaban J connectivity index is 2.51. The van der Waals surface area contributed by atoms with Crippen LogP contribution in [0.15, 0.2) is 30.3 Å². The highest BCUT2D eigenvalue weighted by Crippen LogP contribution is 2.32. The smallest absolute Gasteiger partial charge is 0.305 e. The Bertz CT molecular complexity index is 958. The third-order valence-corrected chi connectivity index (χ3v) is 5.11. The third-order valence-electron chi connectivity index (χ3n) is 4.53. The van der Waals surface area contributed by atoms with Gasteiger partial charge in [-0.15, -0.1) is 4.33 Å². The van der Waals surface area contributed by atoms with Crippen molar-refractivity contribution < 1.29 is 33.7 Å². The molecule has 0 aliphatic rings. The maximum absolute atomic E-state index is 13.5. The van der Waals surface area contributed by atoms with Gasteiger partial charge in [0, 0.05) is 24.6 Å². The topological polar surface area (TPSA) is 125 Å². The maximum Gasteiger partial charge on any atom is 0.305 e. The molecule has 2 unspecified atom stereocenters. The van der Waals surface area contributed by atoms with Crippen LogP contribution in [0.1, 0.15) is 43.9 Å². The number of nitrogens with zero attached hydrogens (tertiary/aromatic N) is 3. The van der Waals surface area contributed by atoms with Crippen LogP contribution in [0.2, 0.25) is 0 Å². The van der Waals surface area contributed by atoms with E-state index in [0.717, 1.165) is 12.2 Å². The number of carboxylic acid groups (broad SMARTS) is 1. The molecular weight excluding hydrogens is 453 g/mol. The number of rotatable bonds is 12. The number of aliphatic carboxylic acids is 1. The number of carbonyl (C=O) groups is 1. The van der Waals surface area contributed by atoms with Crippen molar-refractivity contribution in [1.82, 2.24) is 9.97 Å². The van der Waals surface area contributed by atoms with Gasteiger partial charge in [-0.1, -0.05) is 26.0 Å². The standard InChI is InChI=1S/C22H28FN3O6S/c1-13(2)20-18(10-9-16(27)11-17(28)12-19(29)30)21(14-5-7-15(23)8-6-14)25-22(24-20)26(3)33-32-31-4/h5-10,13,16-17,27-28H,11-12H2,1-4H3,(H,29,30). The molecule has 1 aromatic carbocycles.